The summed E-state index contributed by atoms with van der Waals surface area (Å²) < 4.78 is 27.3. The van der Waals surface area contributed by atoms with Gasteiger partial charge >= 0.3 is 0 Å². The minimum Gasteiger partial charge on any atom is -0.279 e. The minimum absolute atomic E-state index is 0.211. The highest BCUT2D eigenvalue weighted by molar-refractivity contribution is 7.92. The average Bonchev–Trinajstić information content (AvgIpc) is 2.51. The number of anilines is 1. The summed E-state index contributed by atoms with van der Waals surface area (Å²) >= 11 is 0. The third kappa shape index (κ3) is 3.33. The molecule has 0 aliphatic carbocycles. The summed E-state index contributed by atoms with van der Waals surface area (Å²) in [6, 6.07) is 15.3. The molecule has 3 nitrogen and oxygen atoms in total. The number of hydrogen-bond acceptors (Lipinski definition) is 2. The number of sulfonamides is 1. The van der Waals surface area contributed by atoms with E-state index in [4.69, 9.17) is 6.42 Å². The fraction of sp³-hybridized carbons (Fsp3) is 0.0588. The number of allylic oxidation sites excluding steroid dienone is 2. The lowest BCUT2D eigenvalue weighted by atomic mass is 10.0. The van der Waals surface area contributed by atoms with Crippen LogP contribution >= 0.6 is 0 Å². The third-order valence-electron chi connectivity index (χ3n) is 2.96. The SMILES string of the molecule is C#CC(=CC)c1ccccc1NS(=O)(=O)c1ccccc1. The molecule has 0 saturated heterocycles. The standard InChI is InChI=1S/C17H15NO2S/c1-3-14(4-2)16-12-8-9-13-17(16)18-21(19,20)15-10-6-5-7-11-15/h1,4-13,18H,2H3. The zero-order valence-electron chi connectivity index (χ0n) is 11.6. The van der Waals surface area contributed by atoms with Crippen LogP contribution in [-0.2, 0) is 10.0 Å². The van der Waals surface area contributed by atoms with Crippen molar-refractivity contribution >= 4 is 21.3 Å². The highest BCUT2D eigenvalue weighted by atomic mass is 32.2. The molecule has 106 valence electrons. The maximum Gasteiger partial charge on any atom is 0.261 e. The van der Waals surface area contributed by atoms with Gasteiger partial charge in [-0.3, -0.25) is 4.72 Å². The molecule has 0 fully saturated rings. The molecule has 0 spiro atoms. The van der Waals surface area contributed by atoms with E-state index in [-0.39, 0.29) is 4.90 Å². The molecule has 4 heteroatoms. The summed E-state index contributed by atoms with van der Waals surface area (Å²) in [4.78, 5) is 0.211. The normalized spacial score (nSPS) is 11.7. The summed E-state index contributed by atoms with van der Waals surface area (Å²) in [5.74, 6) is 2.56. The van der Waals surface area contributed by atoms with Crippen LogP contribution in [0.25, 0.3) is 5.57 Å². The van der Waals surface area contributed by atoms with E-state index < -0.39 is 10.0 Å². The Bertz CT molecular complexity index is 800. The van der Waals surface area contributed by atoms with Crippen LogP contribution in [-0.4, -0.2) is 8.42 Å². The van der Waals surface area contributed by atoms with Crippen molar-refractivity contribution in [3.05, 3.63) is 66.2 Å². The lowest BCUT2D eigenvalue weighted by Gasteiger charge is -2.12. The summed E-state index contributed by atoms with van der Waals surface area (Å²) in [6.07, 6.45) is 7.24. The van der Waals surface area contributed by atoms with Gasteiger partial charge < -0.3 is 0 Å². The third-order valence-corrected chi connectivity index (χ3v) is 4.34. The molecule has 2 rings (SSSR count). The van der Waals surface area contributed by atoms with E-state index in [9.17, 15) is 8.42 Å². The molecule has 2 aromatic rings. The molecule has 21 heavy (non-hydrogen) atoms. The predicted molar refractivity (Wildman–Crippen MR) is 86.2 cm³/mol. The maximum atomic E-state index is 12.4. The van der Waals surface area contributed by atoms with Crippen LogP contribution in [0.1, 0.15) is 12.5 Å². The minimum atomic E-state index is -3.63. The topological polar surface area (TPSA) is 46.2 Å². The molecule has 0 aliphatic rings. The molecule has 0 bridgehead atoms. The van der Waals surface area contributed by atoms with Crippen molar-refractivity contribution in [3.63, 3.8) is 0 Å². The van der Waals surface area contributed by atoms with Gasteiger partial charge in [0.05, 0.1) is 10.6 Å². The summed E-state index contributed by atoms with van der Waals surface area (Å²) in [7, 11) is -3.63. The molecular weight excluding hydrogens is 282 g/mol. The van der Waals surface area contributed by atoms with Gasteiger partial charge in [-0.2, -0.15) is 0 Å². The number of hydrogen-bond donors (Lipinski definition) is 1. The summed E-state index contributed by atoms with van der Waals surface area (Å²) in [5.41, 5.74) is 1.79. The van der Waals surface area contributed by atoms with Crippen molar-refractivity contribution in [2.75, 3.05) is 4.72 Å². The predicted octanol–water partition coefficient (Wildman–Crippen LogP) is 3.52. The molecule has 0 unspecified atom stereocenters. The van der Waals surface area contributed by atoms with Crippen molar-refractivity contribution in [3.8, 4) is 12.3 Å². The van der Waals surface area contributed by atoms with E-state index in [1.807, 2.05) is 13.0 Å². The van der Waals surface area contributed by atoms with Crippen LogP contribution in [0.2, 0.25) is 0 Å². The largest absolute Gasteiger partial charge is 0.279 e. The molecule has 1 N–H and O–H groups in total. The number of benzene rings is 2. The first kappa shape index (κ1) is 14.9. The molecule has 0 aromatic heterocycles. The molecule has 0 amide bonds. The van der Waals surface area contributed by atoms with E-state index in [2.05, 4.69) is 10.6 Å². The molecule has 0 heterocycles. The number of nitrogens with one attached hydrogen (secondary N) is 1. The first-order chi connectivity index (χ1) is 10.1. The first-order valence-electron chi connectivity index (χ1n) is 6.38. The first-order valence-corrected chi connectivity index (χ1v) is 7.87. The summed E-state index contributed by atoms with van der Waals surface area (Å²) in [5, 5.41) is 0. The van der Waals surface area contributed by atoms with E-state index >= 15 is 0 Å². The van der Waals surface area contributed by atoms with E-state index in [1.54, 1.807) is 54.6 Å². The molecule has 2 aromatic carbocycles. The van der Waals surface area contributed by atoms with Gasteiger partial charge in [0, 0.05) is 11.1 Å². The van der Waals surface area contributed by atoms with Gasteiger partial charge in [-0.05, 0) is 25.1 Å². The highest BCUT2D eigenvalue weighted by Crippen LogP contribution is 2.25. The quantitative estimate of drug-likeness (QED) is 0.878. The van der Waals surface area contributed by atoms with E-state index in [0.717, 1.165) is 0 Å². The number of para-hydroxylation sites is 1. The second-order valence-electron chi connectivity index (χ2n) is 4.31. The van der Waals surface area contributed by atoms with E-state index in [0.29, 0.717) is 16.8 Å². The zero-order chi connectivity index (χ0) is 15.3. The van der Waals surface area contributed by atoms with Gasteiger partial charge in [0.25, 0.3) is 10.0 Å². The van der Waals surface area contributed by atoms with Crippen LogP contribution < -0.4 is 4.72 Å². The fourth-order valence-electron chi connectivity index (χ4n) is 1.93. The lowest BCUT2D eigenvalue weighted by molar-refractivity contribution is 0.601. The van der Waals surface area contributed by atoms with Crippen LogP contribution in [0.4, 0.5) is 5.69 Å². The smallest absolute Gasteiger partial charge is 0.261 e. The van der Waals surface area contributed by atoms with Crippen LogP contribution in [0.15, 0.2) is 65.6 Å². The Balaban J connectivity index is 2.44. The highest BCUT2D eigenvalue weighted by Gasteiger charge is 2.15. The van der Waals surface area contributed by atoms with Crippen molar-refractivity contribution in [1.29, 1.82) is 0 Å². The Labute approximate surface area is 125 Å². The van der Waals surface area contributed by atoms with Crippen LogP contribution in [0.5, 0.6) is 0 Å². The summed E-state index contributed by atoms with van der Waals surface area (Å²) in [6.45, 7) is 1.82. The Morgan fingerprint density at radius 2 is 1.71 bits per heavy atom. The average molecular weight is 297 g/mol. The van der Waals surface area contributed by atoms with Gasteiger partial charge in [0.1, 0.15) is 0 Å². The Morgan fingerprint density at radius 1 is 1.10 bits per heavy atom. The molecular formula is C17H15NO2S. The van der Waals surface area contributed by atoms with Gasteiger partial charge in [-0.1, -0.05) is 48.4 Å². The molecule has 0 atom stereocenters. The Hall–Kier alpha value is -2.51. The molecule has 0 saturated carbocycles. The monoisotopic (exact) mass is 297 g/mol. The lowest BCUT2D eigenvalue weighted by Crippen LogP contribution is -2.13. The van der Waals surface area contributed by atoms with Crippen molar-refractivity contribution in [1.82, 2.24) is 0 Å². The fourth-order valence-corrected chi connectivity index (χ4v) is 3.03. The Kier molecular flexibility index (Phi) is 4.46. The van der Waals surface area contributed by atoms with Crippen LogP contribution in [0.3, 0.4) is 0 Å². The van der Waals surface area contributed by atoms with Crippen molar-refractivity contribution in [2.45, 2.75) is 11.8 Å². The van der Waals surface area contributed by atoms with E-state index in [1.165, 1.54) is 0 Å². The van der Waals surface area contributed by atoms with Crippen molar-refractivity contribution in [2.24, 2.45) is 0 Å². The number of terminal acetylenes is 1. The second kappa shape index (κ2) is 6.29. The Morgan fingerprint density at radius 3 is 2.33 bits per heavy atom. The van der Waals surface area contributed by atoms with Gasteiger partial charge in [-0.25, -0.2) is 8.42 Å². The van der Waals surface area contributed by atoms with Crippen LogP contribution in [0, 0.1) is 12.3 Å². The van der Waals surface area contributed by atoms with Gasteiger partial charge in [0.2, 0.25) is 0 Å². The number of rotatable bonds is 4. The second-order valence-corrected chi connectivity index (χ2v) is 5.99. The van der Waals surface area contributed by atoms with Gasteiger partial charge in [-0.15, -0.1) is 6.42 Å². The van der Waals surface area contributed by atoms with Gasteiger partial charge in [0.15, 0.2) is 0 Å². The molecule has 0 aliphatic heterocycles. The maximum absolute atomic E-state index is 12.4. The zero-order valence-corrected chi connectivity index (χ0v) is 12.4. The van der Waals surface area contributed by atoms with Crippen molar-refractivity contribution < 1.29 is 8.42 Å². The molecule has 0 radical (unpaired) electrons.